The third kappa shape index (κ3) is 4.06. The molecule has 3 atom stereocenters. The number of hydrogen-bond donors (Lipinski definition) is 1. The van der Waals surface area contributed by atoms with Gasteiger partial charge in [-0.3, -0.25) is 14.4 Å². The molecular formula is C19H26N2O4SSi. The Morgan fingerprint density at radius 3 is 2.44 bits per heavy atom. The molecule has 2 saturated heterocycles. The van der Waals surface area contributed by atoms with E-state index in [1.54, 1.807) is 16.7 Å². The monoisotopic (exact) mass is 406 g/mol. The summed E-state index contributed by atoms with van der Waals surface area (Å²) in [5.41, 5.74) is 0.898. The van der Waals surface area contributed by atoms with E-state index in [2.05, 4.69) is 5.32 Å². The van der Waals surface area contributed by atoms with Crippen molar-refractivity contribution in [3.05, 3.63) is 35.9 Å². The molecule has 2 aliphatic rings. The highest BCUT2D eigenvalue weighted by Crippen LogP contribution is 2.51. The lowest BCUT2D eigenvalue weighted by atomic mass is 9.96. The third-order valence-electron chi connectivity index (χ3n) is 4.60. The molecule has 27 heavy (non-hydrogen) atoms. The number of carbonyl (C=O) groups is 3. The van der Waals surface area contributed by atoms with Gasteiger partial charge >= 0.3 is 5.97 Å². The zero-order chi connectivity index (χ0) is 20.0. The van der Waals surface area contributed by atoms with Gasteiger partial charge in [0.1, 0.15) is 17.5 Å². The average Bonchev–Trinajstić information content (AvgIpc) is 2.80. The number of nitrogens with one attached hydrogen (secondary N) is 1. The minimum Gasteiger partial charge on any atom is -0.518 e. The summed E-state index contributed by atoms with van der Waals surface area (Å²) >= 11 is 1.55. The number of fused-ring (bicyclic) bond motifs is 1. The topological polar surface area (TPSA) is 75.7 Å². The maximum absolute atomic E-state index is 12.7. The fourth-order valence-electron chi connectivity index (χ4n) is 3.49. The molecule has 3 rings (SSSR count). The zero-order valence-electron chi connectivity index (χ0n) is 16.3. The number of benzene rings is 1. The Bertz CT molecular complexity index is 763. The fraction of sp³-hybridized carbons (Fsp3) is 0.526. The Kier molecular flexibility index (Phi) is 5.15. The van der Waals surface area contributed by atoms with Gasteiger partial charge < -0.3 is 14.6 Å². The largest absolute Gasteiger partial charge is 0.518 e. The standard InChI is InChI=1S/C19H26N2O4SSi/c1-19(2)15(18(24)25-27(3,4)5)21-16(23)14(17(21)26-19)20-13(22)11-12-9-7-6-8-10-12/h6-10,14-15,17H,11H2,1-5H3,(H,20,22)/t14?,15-,17+/m0/s1. The fourth-order valence-corrected chi connectivity index (χ4v) is 5.83. The molecule has 2 amide bonds. The first-order valence-corrected chi connectivity index (χ1v) is 13.3. The van der Waals surface area contributed by atoms with Gasteiger partial charge in [-0.1, -0.05) is 30.3 Å². The molecule has 0 spiro atoms. The Morgan fingerprint density at radius 2 is 1.85 bits per heavy atom. The van der Waals surface area contributed by atoms with Crippen LogP contribution in [-0.2, 0) is 25.2 Å². The van der Waals surface area contributed by atoms with Crippen LogP contribution in [0.4, 0.5) is 0 Å². The van der Waals surface area contributed by atoms with Gasteiger partial charge in [-0.05, 0) is 39.1 Å². The van der Waals surface area contributed by atoms with E-state index >= 15 is 0 Å². The maximum atomic E-state index is 12.7. The molecule has 6 nitrogen and oxygen atoms in total. The summed E-state index contributed by atoms with van der Waals surface area (Å²) in [7, 11) is -2.05. The van der Waals surface area contributed by atoms with Crippen LogP contribution >= 0.6 is 11.8 Å². The molecule has 1 aromatic carbocycles. The van der Waals surface area contributed by atoms with E-state index in [0.717, 1.165) is 5.56 Å². The normalized spacial score (nSPS) is 26.2. The molecule has 0 aliphatic carbocycles. The van der Waals surface area contributed by atoms with Gasteiger partial charge in [-0.15, -0.1) is 11.8 Å². The highest BCUT2D eigenvalue weighted by molar-refractivity contribution is 8.01. The smallest absolute Gasteiger partial charge is 0.317 e. The molecule has 2 heterocycles. The minimum absolute atomic E-state index is 0.189. The summed E-state index contributed by atoms with van der Waals surface area (Å²) < 4.78 is 5.20. The van der Waals surface area contributed by atoms with Gasteiger partial charge in [-0.25, -0.2) is 0 Å². The molecule has 1 N–H and O–H groups in total. The lowest BCUT2D eigenvalue weighted by molar-refractivity contribution is -0.160. The summed E-state index contributed by atoms with van der Waals surface area (Å²) in [6, 6.07) is 8.20. The summed E-state index contributed by atoms with van der Waals surface area (Å²) in [6.45, 7) is 9.73. The Balaban J connectivity index is 1.67. The van der Waals surface area contributed by atoms with Crippen LogP contribution in [0.2, 0.25) is 19.6 Å². The summed E-state index contributed by atoms with van der Waals surface area (Å²) in [4.78, 5) is 39.3. The second-order valence-electron chi connectivity index (χ2n) is 8.50. The predicted octanol–water partition coefficient (Wildman–Crippen LogP) is 2.15. The van der Waals surface area contributed by atoms with E-state index in [9.17, 15) is 14.4 Å². The van der Waals surface area contributed by atoms with Crippen LogP contribution in [0.1, 0.15) is 19.4 Å². The molecule has 1 unspecified atom stereocenters. The highest BCUT2D eigenvalue weighted by atomic mass is 32.2. The van der Waals surface area contributed by atoms with Crippen LogP contribution in [0, 0.1) is 0 Å². The van der Waals surface area contributed by atoms with Crippen molar-refractivity contribution in [2.24, 2.45) is 0 Å². The van der Waals surface area contributed by atoms with Gasteiger partial charge in [0.15, 0.2) is 0 Å². The molecule has 8 heteroatoms. The van der Waals surface area contributed by atoms with E-state index in [-0.39, 0.29) is 29.6 Å². The molecule has 2 aliphatic heterocycles. The van der Waals surface area contributed by atoms with Gasteiger partial charge in [-0.2, -0.15) is 0 Å². The van der Waals surface area contributed by atoms with E-state index in [1.807, 2.05) is 63.8 Å². The van der Waals surface area contributed by atoms with Crippen molar-refractivity contribution in [3.8, 4) is 0 Å². The number of carbonyl (C=O) groups excluding carboxylic acids is 3. The Morgan fingerprint density at radius 1 is 1.22 bits per heavy atom. The van der Waals surface area contributed by atoms with Gasteiger partial charge in [0.25, 0.3) is 0 Å². The predicted molar refractivity (Wildman–Crippen MR) is 108 cm³/mol. The van der Waals surface area contributed by atoms with Gasteiger partial charge in [0.2, 0.25) is 20.1 Å². The zero-order valence-corrected chi connectivity index (χ0v) is 18.1. The van der Waals surface area contributed by atoms with Crippen LogP contribution < -0.4 is 5.32 Å². The molecular weight excluding hydrogens is 380 g/mol. The Labute approximate surface area is 165 Å². The summed E-state index contributed by atoms with van der Waals surface area (Å²) in [5, 5.41) is 2.61. The van der Waals surface area contributed by atoms with Crippen LogP contribution in [0.5, 0.6) is 0 Å². The number of rotatable bonds is 5. The molecule has 0 aromatic heterocycles. The SMILES string of the molecule is CC1(C)S[C@@H]2C(NC(=O)Cc3ccccc3)C(=O)N2[C@H]1C(=O)O[Si](C)(C)C. The van der Waals surface area contributed by atoms with Crippen LogP contribution in [0.15, 0.2) is 30.3 Å². The highest BCUT2D eigenvalue weighted by Gasteiger charge is 2.64. The maximum Gasteiger partial charge on any atom is 0.317 e. The van der Waals surface area contributed by atoms with E-state index < -0.39 is 25.1 Å². The van der Waals surface area contributed by atoms with E-state index in [1.165, 1.54) is 0 Å². The molecule has 2 fully saturated rings. The summed E-state index contributed by atoms with van der Waals surface area (Å²) in [5.74, 6) is -0.737. The summed E-state index contributed by atoms with van der Waals surface area (Å²) in [6.07, 6.45) is 0.229. The van der Waals surface area contributed by atoms with E-state index in [0.29, 0.717) is 0 Å². The van der Waals surface area contributed by atoms with Crippen LogP contribution in [0.25, 0.3) is 0 Å². The van der Waals surface area contributed by atoms with Gasteiger partial charge in [0, 0.05) is 4.75 Å². The number of nitrogens with zero attached hydrogens (tertiary/aromatic N) is 1. The lowest BCUT2D eigenvalue weighted by Gasteiger charge is -2.44. The number of amides is 2. The van der Waals surface area contributed by atoms with Crippen molar-refractivity contribution >= 4 is 37.9 Å². The first-order chi connectivity index (χ1) is 12.5. The molecule has 146 valence electrons. The van der Waals surface area contributed by atoms with Crippen LogP contribution in [0.3, 0.4) is 0 Å². The van der Waals surface area contributed by atoms with Crippen molar-refractivity contribution in [1.29, 1.82) is 0 Å². The number of thioether (sulfide) groups is 1. The molecule has 0 radical (unpaired) electrons. The van der Waals surface area contributed by atoms with E-state index in [4.69, 9.17) is 4.43 Å². The quantitative estimate of drug-likeness (QED) is 0.599. The van der Waals surface area contributed by atoms with Crippen molar-refractivity contribution in [2.75, 3.05) is 0 Å². The van der Waals surface area contributed by atoms with Crippen molar-refractivity contribution < 1.29 is 18.8 Å². The van der Waals surface area contributed by atoms with Crippen molar-refractivity contribution in [1.82, 2.24) is 10.2 Å². The van der Waals surface area contributed by atoms with Crippen LogP contribution in [-0.4, -0.2) is 53.2 Å². The third-order valence-corrected chi connectivity index (χ3v) is 6.98. The second-order valence-corrected chi connectivity index (χ2v) is 14.7. The van der Waals surface area contributed by atoms with Gasteiger partial charge in [0.05, 0.1) is 6.42 Å². The van der Waals surface area contributed by atoms with Crippen molar-refractivity contribution in [3.63, 3.8) is 0 Å². The molecule has 0 bridgehead atoms. The average molecular weight is 407 g/mol. The number of β-lactam (4-membered cyclic amide) rings is 1. The lowest BCUT2D eigenvalue weighted by Crippen LogP contribution is -2.71. The first kappa shape index (κ1) is 19.9. The Hall–Kier alpha value is -1.80. The molecule has 1 aromatic rings. The minimum atomic E-state index is -2.05. The number of hydrogen-bond acceptors (Lipinski definition) is 5. The van der Waals surface area contributed by atoms with Crippen molar-refractivity contribution in [2.45, 2.75) is 62.1 Å². The second kappa shape index (κ2) is 6.98. The molecule has 0 saturated carbocycles. The first-order valence-electron chi connectivity index (χ1n) is 9.06.